The Morgan fingerprint density at radius 3 is 2.93 bits per heavy atom. The maximum atomic E-state index is 4.43. The second-order valence-corrected chi connectivity index (χ2v) is 4.70. The second-order valence-electron chi connectivity index (χ2n) is 4.70. The third-order valence-corrected chi connectivity index (χ3v) is 3.27. The topological polar surface area (TPSA) is 29.9 Å². The minimum Gasteiger partial charge on any atom is -0.311 e. The largest absolute Gasteiger partial charge is 0.311 e. The van der Waals surface area contributed by atoms with Crippen molar-refractivity contribution in [3.8, 4) is 0 Å². The lowest BCUT2D eigenvalue weighted by Gasteiger charge is -2.05. The highest BCUT2D eigenvalue weighted by molar-refractivity contribution is 5.08. The normalized spacial score (nSPS) is 24.5. The van der Waals surface area contributed by atoms with E-state index in [2.05, 4.69) is 41.9 Å². The molecule has 0 bridgehead atoms. The predicted molar refractivity (Wildman–Crippen MR) is 61.6 cm³/mol. The Kier molecular flexibility index (Phi) is 3.10. The Bertz CT molecular complexity index is 330. The van der Waals surface area contributed by atoms with Gasteiger partial charge in [-0.25, -0.2) is 0 Å². The van der Waals surface area contributed by atoms with Crippen LogP contribution < -0.4 is 5.32 Å². The quantitative estimate of drug-likeness (QED) is 0.800. The number of nitrogens with zero attached hydrogens (tertiary/aromatic N) is 2. The zero-order chi connectivity index (χ0) is 10.8. The fraction of sp³-hybridized carbons (Fsp3) is 0.750. The summed E-state index contributed by atoms with van der Waals surface area (Å²) in [6.07, 6.45) is 1.40. The van der Waals surface area contributed by atoms with Crippen LogP contribution in [0.15, 0.2) is 6.07 Å². The molecule has 1 aliphatic rings. The number of rotatable bonds is 5. The summed E-state index contributed by atoms with van der Waals surface area (Å²) in [7, 11) is 0. The summed E-state index contributed by atoms with van der Waals surface area (Å²) < 4.78 is 2.08. The molecule has 3 heteroatoms. The number of aryl methyl sites for hydroxylation is 2. The van der Waals surface area contributed by atoms with Gasteiger partial charge in [-0.05, 0) is 44.7 Å². The van der Waals surface area contributed by atoms with E-state index < -0.39 is 0 Å². The summed E-state index contributed by atoms with van der Waals surface area (Å²) in [6, 6.07) is 2.17. The molecule has 1 aromatic rings. The van der Waals surface area contributed by atoms with Crippen LogP contribution in [0.5, 0.6) is 0 Å². The Hall–Kier alpha value is -0.830. The monoisotopic (exact) mass is 207 g/mol. The van der Waals surface area contributed by atoms with Crippen molar-refractivity contribution in [1.82, 2.24) is 15.1 Å². The molecule has 0 aliphatic heterocycles. The average Bonchev–Trinajstić information content (AvgIpc) is 2.76. The lowest BCUT2D eigenvalue weighted by Crippen LogP contribution is -2.19. The molecule has 15 heavy (non-hydrogen) atoms. The van der Waals surface area contributed by atoms with Gasteiger partial charge < -0.3 is 5.32 Å². The third-order valence-electron chi connectivity index (χ3n) is 3.27. The van der Waals surface area contributed by atoms with E-state index in [-0.39, 0.29) is 0 Å². The zero-order valence-corrected chi connectivity index (χ0v) is 9.95. The molecule has 0 amide bonds. The molecule has 0 radical (unpaired) electrons. The van der Waals surface area contributed by atoms with Crippen molar-refractivity contribution >= 4 is 0 Å². The van der Waals surface area contributed by atoms with Gasteiger partial charge in [0.05, 0.1) is 11.4 Å². The molecule has 1 saturated carbocycles. The summed E-state index contributed by atoms with van der Waals surface area (Å²) in [6.45, 7) is 9.60. The van der Waals surface area contributed by atoms with Gasteiger partial charge in [0.25, 0.3) is 0 Å². The van der Waals surface area contributed by atoms with E-state index in [9.17, 15) is 0 Å². The lowest BCUT2D eigenvalue weighted by atomic mass is 10.3. The average molecular weight is 207 g/mol. The summed E-state index contributed by atoms with van der Waals surface area (Å²) in [5.74, 6) is 1.86. The maximum absolute atomic E-state index is 4.43. The molecule has 0 aromatic carbocycles. The van der Waals surface area contributed by atoms with E-state index in [1.54, 1.807) is 0 Å². The standard InChI is InChI=1S/C12H21N3/c1-4-15-12(6-10(3)14-15)8-13-7-11-5-9(11)2/h6,9,11,13H,4-5,7-8H2,1-3H3. The molecule has 2 rings (SSSR count). The molecule has 3 nitrogen and oxygen atoms in total. The highest BCUT2D eigenvalue weighted by atomic mass is 15.3. The first kappa shape index (κ1) is 10.7. The summed E-state index contributed by atoms with van der Waals surface area (Å²) >= 11 is 0. The van der Waals surface area contributed by atoms with Crippen molar-refractivity contribution in [3.63, 3.8) is 0 Å². The van der Waals surface area contributed by atoms with Crippen LogP contribution in [0.1, 0.15) is 31.7 Å². The first-order valence-electron chi connectivity index (χ1n) is 5.94. The Morgan fingerprint density at radius 2 is 2.33 bits per heavy atom. The van der Waals surface area contributed by atoms with Crippen LogP contribution in [0, 0.1) is 18.8 Å². The minimum atomic E-state index is 0.920. The maximum Gasteiger partial charge on any atom is 0.0597 e. The third kappa shape index (κ3) is 2.59. The smallest absolute Gasteiger partial charge is 0.0597 e. The molecule has 1 aromatic heterocycles. The molecule has 84 valence electrons. The Balaban J connectivity index is 1.81. The molecule has 2 atom stereocenters. The van der Waals surface area contributed by atoms with E-state index in [4.69, 9.17) is 0 Å². The van der Waals surface area contributed by atoms with Gasteiger partial charge in [0, 0.05) is 13.1 Å². The molecular formula is C12H21N3. The summed E-state index contributed by atoms with van der Waals surface area (Å²) in [5, 5.41) is 7.96. The first-order chi connectivity index (χ1) is 7.20. The molecule has 0 spiro atoms. The van der Waals surface area contributed by atoms with Crippen LogP contribution in [0.4, 0.5) is 0 Å². The van der Waals surface area contributed by atoms with Crippen LogP contribution in [-0.2, 0) is 13.1 Å². The van der Waals surface area contributed by atoms with Crippen molar-refractivity contribution in [3.05, 3.63) is 17.5 Å². The highest BCUT2D eigenvalue weighted by Gasteiger charge is 2.31. The summed E-state index contributed by atoms with van der Waals surface area (Å²) in [4.78, 5) is 0. The van der Waals surface area contributed by atoms with E-state index in [1.165, 1.54) is 12.1 Å². The van der Waals surface area contributed by atoms with Crippen LogP contribution in [0.2, 0.25) is 0 Å². The van der Waals surface area contributed by atoms with Crippen molar-refractivity contribution in [2.45, 2.75) is 40.3 Å². The molecule has 1 fully saturated rings. The molecule has 1 heterocycles. The van der Waals surface area contributed by atoms with Crippen LogP contribution in [0.25, 0.3) is 0 Å². The van der Waals surface area contributed by atoms with Gasteiger partial charge in [-0.1, -0.05) is 6.92 Å². The van der Waals surface area contributed by atoms with E-state index >= 15 is 0 Å². The number of nitrogens with one attached hydrogen (secondary N) is 1. The van der Waals surface area contributed by atoms with Gasteiger partial charge in [-0.15, -0.1) is 0 Å². The summed E-state index contributed by atoms with van der Waals surface area (Å²) in [5.41, 5.74) is 2.43. The highest BCUT2D eigenvalue weighted by Crippen LogP contribution is 2.36. The van der Waals surface area contributed by atoms with E-state index in [0.717, 1.165) is 37.2 Å². The first-order valence-corrected chi connectivity index (χ1v) is 5.94. The molecule has 1 N–H and O–H groups in total. The van der Waals surface area contributed by atoms with Gasteiger partial charge in [-0.3, -0.25) is 4.68 Å². The predicted octanol–water partition coefficient (Wildman–Crippen LogP) is 1.96. The number of hydrogen-bond acceptors (Lipinski definition) is 2. The van der Waals surface area contributed by atoms with E-state index in [1.807, 2.05) is 0 Å². The Labute approximate surface area is 91.9 Å². The number of aromatic nitrogens is 2. The fourth-order valence-electron chi connectivity index (χ4n) is 2.08. The van der Waals surface area contributed by atoms with Gasteiger partial charge in [-0.2, -0.15) is 5.10 Å². The lowest BCUT2D eigenvalue weighted by molar-refractivity contribution is 0.557. The van der Waals surface area contributed by atoms with Crippen molar-refractivity contribution in [1.29, 1.82) is 0 Å². The van der Waals surface area contributed by atoms with Crippen molar-refractivity contribution < 1.29 is 0 Å². The minimum absolute atomic E-state index is 0.920. The van der Waals surface area contributed by atoms with Crippen LogP contribution >= 0.6 is 0 Å². The Morgan fingerprint density at radius 1 is 1.60 bits per heavy atom. The van der Waals surface area contributed by atoms with Crippen molar-refractivity contribution in [2.24, 2.45) is 11.8 Å². The van der Waals surface area contributed by atoms with Gasteiger partial charge >= 0.3 is 0 Å². The van der Waals surface area contributed by atoms with Gasteiger partial charge in [0.2, 0.25) is 0 Å². The van der Waals surface area contributed by atoms with Crippen LogP contribution in [-0.4, -0.2) is 16.3 Å². The van der Waals surface area contributed by atoms with Crippen molar-refractivity contribution in [2.75, 3.05) is 6.54 Å². The molecule has 2 unspecified atom stereocenters. The fourth-order valence-corrected chi connectivity index (χ4v) is 2.08. The molecule has 0 saturated heterocycles. The molecular weight excluding hydrogens is 186 g/mol. The van der Waals surface area contributed by atoms with Crippen LogP contribution in [0.3, 0.4) is 0 Å². The zero-order valence-electron chi connectivity index (χ0n) is 9.95. The van der Waals surface area contributed by atoms with Gasteiger partial charge in [0.1, 0.15) is 0 Å². The number of hydrogen-bond donors (Lipinski definition) is 1. The van der Waals surface area contributed by atoms with E-state index in [0.29, 0.717) is 0 Å². The second kappa shape index (κ2) is 4.35. The SMILES string of the molecule is CCn1nc(C)cc1CNCC1CC1C. The van der Waals surface area contributed by atoms with Gasteiger partial charge in [0.15, 0.2) is 0 Å². The molecule has 1 aliphatic carbocycles.